The number of hydrogen-bond acceptors (Lipinski definition) is 0. The number of hydrogen-bond donors (Lipinski definition) is 0. The molecule has 0 aliphatic heterocycles. The van der Waals surface area contributed by atoms with E-state index in [2.05, 4.69) is 0 Å². The summed E-state index contributed by atoms with van der Waals surface area (Å²) in [5, 5.41) is 0. The Hall–Kier alpha value is 1.75. The SMILES string of the molecule is [Cr+3].[O-2].[O-2].[O-2].[Ti+4].[Zn+2]. The maximum atomic E-state index is 0. The molecular weight excluding hydrogens is 213 g/mol. The van der Waals surface area contributed by atoms with E-state index >= 15 is 0 Å². The molecule has 0 aromatic rings. The molecule has 0 bridgehead atoms. The summed E-state index contributed by atoms with van der Waals surface area (Å²) >= 11 is 0. The predicted octanol–water partition coefficient (Wildman–Crippen LogP) is -0.364. The van der Waals surface area contributed by atoms with Crippen molar-refractivity contribution in [3.8, 4) is 0 Å². The van der Waals surface area contributed by atoms with Crippen LogP contribution in [0.5, 0.6) is 0 Å². The van der Waals surface area contributed by atoms with Gasteiger partial charge in [-0.1, -0.05) is 0 Å². The van der Waals surface area contributed by atoms with E-state index in [1.54, 1.807) is 0 Å². The summed E-state index contributed by atoms with van der Waals surface area (Å²) in [6, 6.07) is 0. The van der Waals surface area contributed by atoms with Crippen LogP contribution in [0.25, 0.3) is 0 Å². The van der Waals surface area contributed by atoms with Gasteiger partial charge in [0.2, 0.25) is 0 Å². The van der Waals surface area contributed by atoms with Gasteiger partial charge in [0.15, 0.2) is 0 Å². The second-order valence-electron chi connectivity index (χ2n) is 0. The third-order valence-corrected chi connectivity index (χ3v) is 0. The van der Waals surface area contributed by atoms with Gasteiger partial charge in [0.05, 0.1) is 0 Å². The zero-order chi connectivity index (χ0) is 0. The maximum absolute atomic E-state index is 0. The first-order valence-corrected chi connectivity index (χ1v) is 0. The zero-order valence-corrected chi connectivity index (χ0v) is 8.64. The van der Waals surface area contributed by atoms with E-state index in [-0.39, 0.29) is 75.0 Å². The Morgan fingerprint density at radius 1 is 0.667 bits per heavy atom. The smallest absolute Gasteiger partial charge is 2.00 e. The first-order valence-electron chi connectivity index (χ1n) is 0. The summed E-state index contributed by atoms with van der Waals surface area (Å²) in [6.45, 7) is 0. The molecule has 0 rings (SSSR count). The van der Waals surface area contributed by atoms with Crippen LogP contribution < -0.4 is 0 Å². The molecule has 0 amide bonds. The average Bonchev–Trinajstić information content (AvgIpc) is 0. The van der Waals surface area contributed by atoms with Crippen LogP contribution in [0.4, 0.5) is 0 Å². The molecule has 0 fully saturated rings. The van der Waals surface area contributed by atoms with Crippen LogP contribution in [0.1, 0.15) is 0 Å². The normalized spacial score (nSPS) is 0. The van der Waals surface area contributed by atoms with Crippen LogP contribution in [0, 0.1) is 0 Å². The monoisotopic (exact) mass is 212 g/mol. The van der Waals surface area contributed by atoms with E-state index in [0.717, 1.165) is 0 Å². The van der Waals surface area contributed by atoms with Gasteiger partial charge in [-0.2, -0.15) is 0 Å². The van der Waals surface area contributed by atoms with Gasteiger partial charge >= 0.3 is 58.6 Å². The number of rotatable bonds is 0. The molecule has 0 saturated heterocycles. The van der Waals surface area contributed by atoms with E-state index in [9.17, 15) is 0 Å². The summed E-state index contributed by atoms with van der Waals surface area (Å²) in [7, 11) is 0. The first-order chi connectivity index (χ1) is 0. The van der Waals surface area contributed by atoms with Crippen molar-refractivity contribution in [1.29, 1.82) is 0 Å². The second kappa shape index (κ2) is 72.9. The van der Waals surface area contributed by atoms with Gasteiger partial charge in [-0.3, -0.25) is 0 Å². The van der Waals surface area contributed by atoms with Gasteiger partial charge in [-0.15, -0.1) is 0 Å². The van der Waals surface area contributed by atoms with E-state index < -0.39 is 0 Å². The molecule has 0 saturated carbocycles. The molecule has 0 aromatic heterocycles. The summed E-state index contributed by atoms with van der Waals surface area (Å²) < 4.78 is 0. The van der Waals surface area contributed by atoms with Gasteiger partial charge < -0.3 is 16.4 Å². The molecule has 27 valence electrons. The van der Waals surface area contributed by atoms with Crippen molar-refractivity contribution in [2.75, 3.05) is 0 Å². The Morgan fingerprint density at radius 3 is 0.667 bits per heavy atom. The molecule has 3 nitrogen and oxygen atoms in total. The Balaban J connectivity index is 0. The zero-order valence-electron chi connectivity index (χ0n) is 2.84. The minimum absolute atomic E-state index is 0. The van der Waals surface area contributed by atoms with Crippen molar-refractivity contribution in [1.82, 2.24) is 0 Å². The van der Waals surface area contributed by atoms with Crippen LogP contribution in [-0.2, 0) is 75.0 Å². The van der Waals surface area contributed by atoms with Crippen LogP contribution >= 0.6 is 0 Å². The fourth-order valence-corrected chi connectivity index (χ4v) is 0. The molecule has 0 aliphatic carbocycles. The van der Waals surface area contributed by atoms with E-state index in [1.807, 2.05) is 0 Å². The third-order valence-electron chi connectivity index (χ3n) is 0. The predicted molar refractivity (Wildman–Crippen MR) is 2.06 cm³/mol. The first kappa shape index (κ1) is 115. The Labute approximate surface area is 74.6 Å². The van der Waals surface area contributed by atoms with Gasteiger partial charge in [-0.05, 0) is 0 Å². The van der Waals surface area contributed by atoms with E-state index in [4.69, 9.17) is 0 Å². The van der Waals surface area contributed by atoms with Gasteiger partial charge in [-0.25, -0.2) is 0 Å². The Morgan fingerprint density at radius 2 is 0.667 bits per heavy atom. The Bertz CT molecular complexity index is 10.8. The van der Waals surface area contributed by atoms with Crippen molar-refractivity contribution in [3.05, 3.63) is 0 Å². The second-order valence-corrected chi connectivity index (χ2v) is 0. The van der Waals surface area contributed by atoms with Crippen LogP contribution in [0.2, 0.25) is 0 Å². The molecule has 6 heteroatoms. The van der Waals surface area contributed by atoms with Crippen molar-refractivity contribution in [2.45, 2.75) is 0 Å². The minimum atomic E-state index is 0. The van der Waals surface area contributed by atoms with E-state index in [1.165, 1.54) is 0 Å². The molecule has 0 aromatic carbocycles. The van der Waals surface area contributed by atoms with Crippen molar-refractivity contribution < 1.29 is 75.0 Å². The quantitative estimate of drug-likeness (QED) is 0.492. The van der Waals surface area contributed by atoms with Crippen molar-refractivity contribution in [3.63, 3.8) is 0 Å². The molecule has 0 atom stereocenters. The summed E-state index contributed by atoms with van der Waals surface area (Å²) in [4.78, 5) is 0. The fraction of sp³-hybridized carbons (Fsp3) is 0. The largest absolute Gasteiger partial charge is 4.00 e. The summed E-state index contributed by atoms with van der Waals surface area (Å²) in [5.41, 5.74) is 0. The average molecular weight is 213 g/mol. The molecule has 6 heavy (non-hydrogen) atoms. The topological polar surface area (TPSA) is 85.5 Å². The minimum Gasteiger partial charge on any atom is -2.00 e. The van der Waals surface area contributed by atoms with Gasteiger partial charge in [0.1, 0.15) is 0 Å². The molecule has 0 N–H and O–H groups in total. The molecule has 0 aliphatic rings. The van der Waals surface area contributed by atoms with Gasteiger partial charge in [0.25, 0.3) is 0 Å². The maximum Gasteiger partial charge on any atom is 4.00 e. The van der Waals surface area contributed by atoms with E-state index in [0.29, 0.717) is 0 Å². The van der Waals surface area contributed by atoms with Gasteiger partial charge in [0, 0.05) is 0 Å². The fourth-order valence-electron chi connectivity index (χ4n) is 0. The van der Waals surface area contributed by atoms with Crippen molar-refractivity contribution >= 4 is 0 Å². The van der Waals surface area contributed by atoms with Crippen LogP contribution in [0.15, 0.2) is 0 Å². The molecule has 1 radical (unpaired) electrons. The molecular formula is CrO3TiZn+3. The molecule has 0 heterocycles. The van der Waals surface area contributed by atoms with Crippen LogP contribution in [-0.4, -0.2) is 0 Å². The Kier molecular flexibility index (Phi) is 1400. The van der Waals surface area contributed by atoms with Crippen LogP contribution in [0.3, 0.4) is 0 Å². The third kappa shape index (κ3) is 42.4. The standard InChI is InChI=1S/Cr.3O.Ti.Zn/q+3;3*-2;+4;+2. The summed E-state index contributed by atoms with van der Waals surface area (Å²) in [6.07, 6.45) is 0. The summed E-state index contributed by atoms with van der Waals surface area (Å²) in [5.74, 6) is 0. The van der Waals surface area contributed by atoms with Crippen molar-refractivity contribution in [2.24, 2.45) is 0 Å². The molecule has 0 spiro atoms. The molecule has 0 unspecified atom stereocenters.